The van der Waals surface area contributed by atoms with Crippen molar-refractivity contribution in [2.75, 3.05) is 16.8 Å². The van der Waals surface area contributed by atoms with Gasteiger partial charge in [-0.3, -0.25) is 9.59 Å². The van der Waals surface area contributed by atoms with E-state index in [0.717, 1.165) is 11.3 Å². The van der Waals surface area contributed by atoms with Crippen LogP contribution in [0.3, 0.4) is 0 Å². The number of amides is 2. The number of carbonyl (C=O) groups is 2. The summed E-state index contributed by atoms with van der Waals surface area (Å²) in [6, 6.07) is 14.6. The molecule has 8 heteroatoms. The van der Waals surface area contributed by atoms with Crippen molar-refractivity contribution in [2.45, 2.75) is 18.6 Å². The van der Waals surface area contributed by atoms with Gasteiger partial charge in [-0.05, 0) is 49.5 Å². The number of anilines is 2. The first-order valence-corrected chi connectivity index (χ1v) is 10.8. The maximum atomic E-state index is 13.4. The van der Waals surface area contributed by atoms with Gasteiger partial charge in [0.2, 0.25) is 11.8 Å². The largest absolute Gasteiger partial charge is 0.360 e. The third-order valence-corrected chi connectivity index (χ3v) is 6.54. The van der Waals surface area contributed by atoms with Gasteiger partial charge in [0.05, 0.1) is 30.2 Å². The first-order valence-electron chi connectivity index (χ1n) is 10.00. The van der Waals surface area contributed by atoms with Crippen molar-refractivity contribution >= 4 is 52.1 Å². The number of hydrogen-bond donors (Lipinski definition) is 2. The smallest absolute Gasteiger partial charge is 0.241 e. The Hall–Kier alpha value is -2.74. The van der Waals surface area contributed by atoms with Crippen LogP contribution in [0.5, 0.6) is 0 Å². The highest BCUT2D eigenvalue weighted by Gasteiger charge is 2.67. The number of thiocarbonyl (C=S) groups is 1. The molecule has 0 unspecified atom stereocenters. The van der Waals surface area contributed by atoms with Crippen LogP contribution in [0.25, 0.3) is 0 Å². The molecular weight excluding hydrogens is 434 g/mol. The average Bonchev–Trinajstić information content (AvgIpc) is 3.38. The lowest BCUT2D eigenvalue weighted by atomic mass is 9.77. The van der Waals surface area contributed by atoms with E-state index in [9.17, 15) is 9.59 Å². The number of aryl methyl sites for hydroxylation is 1. The summed E-state index contributed by atoms with van der Waals surface area (Å²) in [4.78, 5) is 27.8. The molecule has 2 bridgehead atoms. The molecule has 5 rings (SSSR count). The van der Waals surface area contributed by atoms with Crippen molar-refractivity contribution in [3.8, 4) is 0 Å². The predicted molar refractivity (Wildman–Crippen MR) is 123 cm³/mol. The molecule has 2 N–H and O–H groups in total. The molecule has 0 spiro atoms. The van der Waals surface area contributed by atoms with Crippen molar-refractivity contribution in [1.29, 1.82) is 0 Å². The van der Waals surface area contributed by atoms with Crippen LogP contribution < -0.4 is 15.5 Å². The molecule has 2 aromatic rings. The Labute approximate surface area is 190 Å². The zero-order chi connectivity index (χ0) is 21.8. The third kappa shape index (κ3) is 3.33. The van der Waals surface area contributed by atoms with E-state index >= 15 is 0 Å². The fraction of sp³-hybridized carbons (Fsp3) is 0.261. The zero-order valence-corrected chi connectivity index (χ0v) is 18.2. The Bertz CT molecular complexity index is 1120. The first kappa shape index (κ1) is 20.2. The van der Waals surface area contributed by atoms with E-state index in [0.29, 0.717) is 15.8 Å². The van der Waals surface area contributed by atoms with Crippen molar-refractivity contribution < 1.29 is 14.3 Å². The van der Waals surface area contributed by atoms with E-state index in [1.54, 1.807) is 24.3 Å². The maximum Gasteiger partial charge on any atom is 0.241 e. The summed E-state index contributed by atoms with van der Waals surface area (Å²) in [5.41, 5.74) is 1.50. The third-order valence-electron chi connectivity index (χ3n) is 6.05. The molecule has 2 amide bonds. The van der Waals surface area contributed by atoms with Crippen molar-refractivity contribution in [3.05, 3.63) is 71.3 Å². The minimum atomic E-state index is -0.915. The number of halogens is 1. The number of fused-ring (bicyclic) bond motifs is 5. The van der Waals surface area contributed by atoms with E-state index in [-0.39, 0.29) is 18.4 Å². The number of ether oxygens (including phenoxy) is 1. The summed E-state index contributed by atoms with van der Waals surface area (Å²) in [6.45, 7) is 2.24. The number of carbonyl (C=O) groups excluding carboxylic acids is 2. The minimum absolute atomic E-state index is 0.213. The quantitative estimate of drug-likeness (QED) is 0.420. The fourth-order valence-corrected chi connectivity index (χ4v) is 4.99. The molecule has 3 aliphatic heterocycles. The Morgan fingerprint density at radius 2 is 1.97 bits per heavy atom. The van der Waals surface area contributed by atoms with Crippen LogP contribution >= 0.6 is 23.8 Å². The van der Waals surface area contributed by atoms with Crippen LogP contribution in [0.1, 0.15) is 5.56 Å². The highest BCUT2D eigenvalue weighted by atomic mass is 35.5. The summed E-state index contributed by atoms with van der Waals surface area (Å²) < 4.78 is 6.14. The molecule has 2 saturated heterocycles. The van der Waals surface area contributed by atoms with Crippen molar-refractivity contribution in [3.63, 3.8) is 0 Å². The second kappa shape index (κ2) is 7.44. The Morgan fingerprint density at radius 1 is 1.19 bits per heavy atom. The van der Waals surface area contributed by atoms with E-state index < -0.39 is 23.5 Å². The van der Waals surface area contributed by atoms with Gasteiger partial charge in [-0.1, -0.05) is 47.5 Å². The number of nitrogens with zero attached hydrogens (tertiary/aromatic N) is 1. The molecule has 2 aromatic carbocycles. The molecule has 31 heavy (non-hydrogen) atoms. The SMILES string of the molecule is Cc1ccc(N2C(=O)[C@H]3[C@@H](C2=O)[C@@]2(CNC(=S)Nc4cccc(Cl)c4)C=C[C@H]3O2)cc1. The van der Waals surface area contributed by atoms with Gasteiger partial charge in [-0.25, -0.2) is 4.90 Å². The normalized spacial score (nSPS) is 28.2. The maximum absolute atomic E-state index is 13.4. The average molecular weight is 454 g/mol. The fourth-order valence-electron chi connectivity index (χ4n) is 4.61. The molecule has 0 saturated carbocycles. The second-order valence-corrected chi connectivity index (χ2v) is 8.91. The van der Waals surface area contributed by atoms with E-state index in [1.165, 1.54) is 4.90 Å². The van der Waals surface area contributed by atoms with Gasteiger partial charge in [0, 0.05) is 10.7 Å². The molecule has 158 valence electrons. The van der Waals surface area contributed by atoms with Gasteiger partial charge < -0.3 is 15.4 Å². The predicted octanol–water partition coefficient (Wildman–Crippen LogP) is 3.45. The van der Waals surface area contributed by atoms with Gasteiger partial charge >= 0.3 is 0 Å². The Morgan fingerprint density at radius 3 is 2.71 bits per heavy atom. The Balaban J connectivity index is 1.34. The summed E-state index contributed by atoms with van der Waals surface area (Å²) in [7, 11) is 0. The van der Waals surface area contributed by atoms with Crippen molar-refractivity contribution in [2.24, 2.45) is 11.8 Å². The second-order valence-electron chi connectivity index (χ2n) is 8.07. The number of imide groups is 1. The molecule has 0 radical (unpaired) electrons. The number of nitrogens with one attached hydrogen (secondary N) is 2. The highest BCUT2D eigenvalue weighted by molar-refractivity contribution is 7.80. The van der Waals surface area contributed by atoms with Crippen LogP contribution in [-0.2, 0) is 14.3 Å². The highest BCUT2D eigenvalue weighted by Crippen LogP contribution is 2.52. The lowest BCUT2D eigenvalue weighted by Gasteiger charge is -2.29. The molecule has 6 nitrogen and oxygen atoms in total. The first-order chi connectivity index (χ1) is 14.9. The Kier molecular flexibility index (Phi) is 4.84. The molecule has 3 heterocycles. The van der Waals surface area contributed by atoms with Gasteiger partial charge in [-0.15, -0.1) is 0 Å². The standard InChI is InChI=1S/C23H20ClN3O3S/c1-13-5-7-16(8-6-13)27-20(28)18-17-9-10-23(30-17,19(18)21(27)29)12-25-22(31)26-15-4-2-3-14(24)11-15/h2-11,17-19H,12H2,1H3,(H2,25,26,31)/t17-,18-,19+,23+/m1/s1. The lowest BCUT2D eigenvalue weighted by Crippen LogP contribution is -2.49. The van der Waals surface area contributed by atoms with Crippen LogP contribution in [0.2, 0.25) is 5.02 Å². The summed E-state index contributed by atoms with van der Waals surface area (Å²) in [6.07, 6.45) is 3.35. The van der Waals surface area contributed by atoms with Crippen LogP contribution in [0.4, 0.5) is 11.4 Å². The van der Waals surface area contributed by atoms with Crippen LogP contribution in [0, 0.1) is 18.8 Å². The van der Waals surface area contributed by atoms with E-state index in [4.69, 9.17) is 28.6 Å². The summed E-state index contributed by atoms with van der Waals surface area (Å²) >= 11 is 11.4. The summed E-state index contributed by atoms with van der Waals surface area (Å²) in [5, 5.41) is 7.20. The number of rotatable bonds is 4. The molecule has 0 aromatic heterocycles. The monoisotopic (exact) mass is 453 g/mol. The number of benzene rings is 2. The summed E-state index contributed by atoms with van der Waals surface area (Å²) in [5.74, 6) is -1.55. The van der Waals surface area contributed by atoms with Gasteiger partial charge in [0.1, 0.15) is 5.60 Å². The topological polar surface area (TPSA) is 70.7 Å². The number of hydrogen-bond acceptors (Lipinski definition) is 4. The molecule has 3 aliphatic rings. The van der Waals surface area contributed by atoms with Crippen LogP contribution in [-0.4, -0.2) is 35.2 Å². The molecule has 0 aliphatic carbocycles. The van der Waals surface area contributed by atoms with Gasteiger partial charge in [0.25, 0.3) is 0 Å². The van der Waals surface area contributed by atoms with E-state index in [1.807, 2.05) is 43.3 Å². The van der Waals surface area contributed by atoms with Gasteiger partial charge in [-0.2, -0.15) is 0 Å². The minimum Gasteiger partial charge on any atom is -0.360 e. The molecule has 4 atom stereocenters. The van der Waals surface area contributed by atoms with E-state index in [2.05, 4.69) is 10.6 Å². The molecule has 2 fully saturated rings. The molecular formula is C23H20ClN3O3S. The lowest BCUT2D eigenvalue weighted by molar-refractivity contribution is -0.126. The van der Waals surface area contributed by atoms with Crippen molar-refractivity contribution in [1.82, 2.24) is 5.32 Å². The van der Waals surface area contributed by atoms with Gasteiger partial charge in [0.15, 0.2) is 5.11 Å². The van der Waals surface area contributed by atoms with Crippen LogP contribution in [0.15, 0.2) is 60.7 Å². The zero-order valence-electron chi connectivity index (χ0n) is 16.7.